The van der Waals surface area contributed by atoms with Crippen molar-refractivity contribution < 1.29 is 8.42 Å². The molecule has 138 valence electrons. The highest BCUT2D eigenvalue weighted by molar-refractivity contribution is 7.89. The second kappa shape index (κ2) is 7.86. The van der Waals surface area contributed by atoms with Gasteiger partial charge < -0.3 is 5.32 Å². The van der Waals surface area contributed by atoms with Crippen LogP contribution in [0.25, 0.3) is 0 Å². The van der Waals surface area contributed by atoms with Crippen molar-refractivity contribution in [3.63, 3.8) is 0 Å². The van der Waals surface area contributed by atoms with Gasteiger partial charge in [-0.05, 0) is 31.4 Å². The number of halogens is 1. The highest BCUT2D eigenvalue weighted by Crippen LogP contribution is 2.31. The van der Waals surface area contributed by atoms with Gasteiger partial charge in [-0.1, -0.05) is 31.2 Å². The van der Waals surface area contributed by atoms with Gasteiger partial charge in [-0.15, -0.1) is 12.4 Å². The van der Waals surface area contributed by atoms with Crippen molar-refractivity contribution in [3.8, 4) is 0 Å². The van der Waals surface area contributed by atoms with Crippen LogP contribution < -0.4 is 5.32 Å². The van der Waals surface area contributed by atoms with Crippen LogP contribution in [0.1, 0.15) is 35.5 Å². The Morgan fingerprint density at radius 1 is 1.24 bits per heavy atom. The Labute approximate surface area is 155 Å². The summed E-state index contributed by atoms with van der Waals surface area (Å²) in [6.07, 6.45) is 0.971. The number of hydrogen-bond donors (Lipinski definition) is 2. The minimum absolute atomic E-state index is 0. The SMILES string of the molecule is CCc1ccc(C2CNCCN2S(=O)(=O)c2c(C)n[nH]c2C)cc1.Cl. The predicted molar refractivity (Wildman–Crippen MR) is 101 cm³/mol. The molecular formula is C17H25ClN4O2S. The Bertz CT molecular complexity index is 798. The van der Waals surface area contributed by atoms with Crippen LogP contribution in [-0.4, -0.2) is 42.6 Å². The molecule has 1 saturated heterocycles. The average Bonchev–Trinajstić information content (AvgIpc) is 2.94. The van der Waals surface area contributed by atoms with E-state index in [4.69, 9.17) is 0 Å². The quantitative estimate of drug-likeness (QED) is 0.848. The molecule has 1 aromatic carbocycles. The van der Waals surface area contributed by atoms with Crippen LogP contribution in [0.2, 0.25) is 0 Å². The standard InChI is InChI=1S/C17H24N4O2S.ClH/c1-4-14-5-7-15(8-6-14)16-11-18-9-10-21(16)24(22,23)17-12(2)19-20-13(17)3;/h5-8,16,18H,4,9-11H2,1-3H3,(H,19,20);1H. The van der Waals surface area contributed by atoms with Crippen molar-refractivity contribution in [2.45, 2.75) is 38.1 Å². The zero-order valence-electron chi connectivity index (χ0n) is 14.7. The Balaban J connectivity index is 0.00000225. The van der Waals surface area contributed by atoms with E-state index in [0.717, 1.165) is 12.0 Å². The van der Waals surface area contributed by atoms with Gasteiger partial charge in [0.15, 0.2) is 0 Å². The number of aromatic amines is 1. The third kappa shape index (κ3) is 3.74. The molecule has 1 unspecified atom stereocenters. The Morgan fingerprint density at radius 3 is 2.48 bits per heavy atom. The predicted octanol–water partition coefficient (Wildman–Crippen LogP) is 2.35. The lowest BCUT2D eigenvalue weighted by Gasteiger charge is -2.35. The molecule has 6 nitrogen and oxygen atoms in total. The summed E-state index contributed by atoms with van der Waals surface area (Å²) in [5, 5.41) is 10.1. The minimum Gasteiger partial charge on any atom is -0.313 e. The molecule has 1 aliphatic rings. The molecule has 0 spiro atoms. The number of aromatic nitrogens is 2. The highest BCUT2D eigenvalue weighted by Gasteiger charge is 2.37. The Kier molecular flexibility index (Phi) is 6.26. The van der Waals surface area contributed by atoms with Gasteiger partial charge in [0.05, 0.1) is 17.4 Å². The van der Waals surface area contributed by atoms with Crippen LogP contribution >= 0.6 is 12.4 Å². The van der Waals surface area contributed by atoms with E-state index in [1.807, 2.05) is 12.1 Å². The summed E-state index contributed by atoms with van der Waals surface area (Å²) < 4.78 is 28.1. The van der Waals surface area contributed by atoms with Gasteiger partial charge in [0.1, 0.15) is 4.90 Å². The largest absolute Gasteiger partial charge is 0.313 e. The van der Waals surface area contributed by atoms with Crippen molar-refractivity contribution in [2.75, 3.05) is 19.6 Å². The van der Waals surface area contributed by atoms with E-state index in [0.29, 0.717) is 35.9 Å². The summed E-state index contributed by atoms with van der Waals surface area (Å²) in [4.78, 5) is 0.305. The molecule has 3 rings (SSSR count). The molecule has 0 amide bonds. The van der Waals surface area contributed by atoms with Gasteiger partial charge >= 0.3 is 0 Å². The molecule has 0 bridgehead atoms. The van der Waals surface area contributed by atoms with Crippen LogP contribution in [0.3, 0.4) is 0 Å². The van der Waals surface area contributed by atoms with Crippen LogP contribution in [0.4, 0.5) is 0 Å². The lowest BCUT2D eigenvalue weighted by Crippen LogP contribution is -2.48. The van der Waals surface area contributed by atoms with E-state index < -0.39 is 10.0 Å². The number of hydrogen-bond acceptors (Lipinski definition) is 4. The van der Waals surface area contributed by atoms with E-state index in [9.17, 15) is 8.42 Å². The van der Waals surface area contributed by atoms with Gasteiger partial charge in [-0.3, -0.25) is 5.10 Å². The molecule has 2 heterocycles. The monoisotopic (exact) mass is 384 g/mol. The van der Waals surface area contributed by atoms with Gasteiger partial charge in [0, 0.05) is 19.6 Å². The van der Waals surface area contributed by atoms with Crippen molar-refractivity contribution in [1.29, 1.82) is 0 Å². The summed E-state index contributed by atoms with van der Waals surface area (Å²) in [6.45, 7) is 7.30. The number of H-pyrrole nitrogens is 1. The van der Waals surface area contributed by atoms with Crippen LogP contribution in [0.5, 0.6) is 0 Å². The summed E-state index contributed by atoms with van der Waals surface area (Å²) in [5.74, 6) is 0. The smallest absolute Gasteiger partial charge is 0.247 e. The first kappa shape index (κ1) is 19.9. The van der Waals surface area contributed by atoms with Crippen molar-refractivity contribution >= 4 is 22.4 Å². The molecule has 1 atom stereocenters. The summed E-state index contributed by atoms with van der Waals surface area (Å²) >= 11 is 0. The first-order valence-corrected chi connectivity index (χ1v) is 9.72. The van der Waals surface area contributed by atoms with Crippen molar-refractivity contribution in [3.05, 3.63) is 46.8 Å². The Morgan fingerprint density at radius 2 is 1.92 bits per heavy atom. The number of piperazine rings is 1. The number of benzene rings is 1. The molecule has 1 aromatic heterocycles. The molecule has 8 heteroatoms. The molecular weight excluding hydrogens is 360 g/mol. The van der Waals surface area contributed by atoms with E-state index in [1.54, 1.807) is 18.2 Å². The lowest BCUT2D eigenvalue weighted by atomic mass is 10.0. The van der Waals surface area contributed by atoms with E-state index in [2.05, 4.69) is 34.6 Å². The zero-order chi connectivity index (χ0) is 17.3. The van der Waals surface area contributed by atoms with Gasteiger partial charge in [-0.2, -0.15) is 9.40 Å². The maximum absolute atomic E-state index is 13.2. The number of sulfonamides is 1. The van der Waals surface area contributed by atoms with E-state index in [-0.39, 0.29) is 18.4 Å². The molecule has 0 radical (unpaired) electrons. The second-order valence-corrected chi connectivity index (χ2v) is 8.02. The first-order chi connectivity index (χ1) is 11.4. The molecule has 0 aliphatic carbocycles. The van der Waals surface area contributed by atoms with Crippen molar-refractivity contribution in [2.24, 2.45) is 0 Å². The maximum atomic E-state index is 13.2. The van der Waals surface area contributed by atoms with Crippen LogP contribution in [0, 0.1) is 13.8 Å². The zero-order valence-corrected chi connectivity index (χ0v) is 16.4. The van der Waals surface area contributed by atoms with Crippen LogP contribution in [-0.2, 0) is 16.4 Å². The average molecular weight is 385 g/mol. The summed E-state index contributed by atoms with van der Waals surface area (Å²) in [6, 6.07) is 8.01. The second-order valence-electron chi connectivity index (χ2n) is 6.19. The summed E-state index contributed by atoms with van der Waals surface area (Å²) in [5.41, 5.74) is 3.37. The van der Waals surface area contributed by atoms with Crippen molar-refractivity contribution in [1.82, 2.24) is 19.8 Å². The van der Waals surface area contributed by atoms with Gasteiger partial charge in [0.25, 0.3) is 0 Å². The fraction of sp³-hybridized carbons (Fsp3) is 0.471. The third-order valence-corrected chi connectivity index (χ3v) is 6.77. The summed E-state index contributed by atoms with van der Waals surface area (Å²) in [7, 11) is -3.59. The van der Waals surface area contributed by atoms with E-state index in [1.165, 1.54) is 5.56 Å². The fourth-order valence-corrected chi connectivity index (χ4v) is 5.22. The number of aryl methyl sites for hydroxylation is 3. The maximum Gasteiger partial charge on any atom is 0.247 e. The number of rotatable bonds is 4. The van der Waals surface area contributed by atoms with Gasteiger partial charge in [-0.25, -0.2) is 8.42 Å². The molecule has 1 fully saturated rings. The number of nitrogens with zero attached hydrogens (tertiary/aromatic N) is 2. The first-order valence-electron chi connectivity index (χ1n) is 8.28. The minimum atomic E-state index is -3.59. The van der Waals surface area contributed by atoms with Gasteiger partial charge in [0.2, 0.25) is 10.0 Å². The molecule has 2 N–H and O–H groups in total. The fourth-order valence-electron chi connectivity index (χ4n) is 3.27. The molecule has 1 aliphatic heterocycles. The lowest BCUT2D eigenvalue weighted by molar-refractivity contribution is 0.271. The normalized spacial score (nSPS) is 18.8. The third-order valence-electron chi connectivity index (χ3n) is 4.59. The molecule has 0 saturated carbocycles. The van der Waals surface area contributed by atoms with E-state index >= 15 is 0 Å². The van der Waals surface area contributed by atoms with Crippen LogP contribution in [0.15, 0.2) is 29.2 Å². The molecule has 2 aromatic rings. The topological polar surface area (TPSA) is 78.1 Å². The Hall–Kier alpha value is -1.41. The number of nitrogens with one attached hydrogen (secondary N) is 2. The molecule has 25 heavy (non-hydrogen) atoms. The highest BCUT2D eigenvalue weighted by atomic mass is 35.5.